The molecule has 2 aromatic carbocycles. The zero-order chi connectivity index (χ0) is 15.0. The molecular weight excluding hydrogens is 282 g/mol. The van der Waals surface area contributed by atoms with Gasteiger partial charge in [-0.2, -0.15) is 0 Å². The third-order valence-electron chi connectivity index (χ3n) is 3.77. The second-order valence-corrected chi connectivity index (χ2v) is 7.12. The van der Waals surface area contributed by atoms with Crippen LogP contribution in [0.4, 0.5) is 5.69 Å². The molecule has 4 heteroatoms. The van der Waals surface area contributed by atoms with Crippen molar-refractivity contribution in [2.75, 3.05) is 10.8 Å². The Morgan fingerprint density at radius 2 is 1.62 bits per heavy atom. The van der Waals surface area contributed by atoms with Gasteiger partial charge in [0.1, 0.15) is 0 Å². The summed E-state index contributed by atoms with van der Waals surface area (Å²) in [6.07, 6.45) is 1.95. The number of sulfonamides is 1. The molecule has 3 rings (SSSR count). The summed E-state index contributed by atoms with van der Waals surface area (Å²) in [7, 11) is -3.53. The zero-order valence-corrected chi connectivity index (χ0v) is 12.9. The number of nitrogens with zero attached hydrogens (tertiary/aromatic N) is 1. The maximum Gasteiger partial charge on any atom is 0.264 e. The number of rotatable bonds is 2. The molecule has 0 spiro atoms. The predicted octanol–water partition coefficient (Wildman–Crippen LogP) is 3.61. The monoisotopic (exact) mass is 299 g/mol. The third kappa shape index (κ3) is 2.36. The van der Waals surface area contributed by atoms with Crippen LogP contribution in [0.25, 0.3) is 5.57 Å². The minimum atomic E-state index is -3.53. The van der Waals surface area contributed by atoms with Gasteiger partial charge in [0, 0.05) is 5.56 Å². The molecule has 2 aromatic rings. The molecule has 21 heavy (non-hydrogen) atoms. The van der Waals surface area contributed by atoms with Gasteiger partial charge in [0.05, 0.1) is 17.1 Å². The van der Waals surface area contributed by atoms with E-state index in [0.29, 0.717) is 11.4 Å². The van der Waals surface area contributed by atoms with E-state index in [2.05, 4.69) is 0 Å². The summed E-state index contributed by atoms with van der Waals surface area (Å²) in [5, 5.41) is 0. The van der Waals surface area contributed by atoms with Gasteiger partial charge in [-0.3, -0.25) is 4.31 Å². The van der Waals surface area contributed by atoms with Crippen molar-refractivity contribution < 1.29 is 8.42 Å². The summed E-state index contributed by atoms with van der Waals surface area (Å²) in [5.41, 5.74) is 3.88. The lowest BCUT2D eigenvalue weighted by atomic mass is 10.0. The summed E-state index contributed by atoms with van der Waals surface area (Å²) >= 11 is 0. The molecule has 1 aliphatic rings. The molecule has 0 aromatic heterocycles. The largest absolute Gasteiger partial charge is 0.264 e. The first kappa shape index (κ1) is 13.9. The van der Waals surface area contributed by atoms with Crippen LogP contribution < -0.4 is 4.31 Å². The Morgan fingerprint density at radius 1 is 0.952 bits per heavy atom. The topological polar surface area (TPSA) is 37.4 Å². The summed E-state index contributed by atoms with van der Waals surface area (Å²) in [5.74, 6) is 0. The molecule has 0 aliphatic carbocycles. The smallest absolute Gasteiger partial charge is 0.262 e. The number of anilines is 1. The molecule has 0 fully saturated rings. The van der Waals surface area contributed by atoms with E-state index < -0.39 is 10.0 Å². The SMILES string of the molecule is CC1=CCN(S(=O)(=O)c2ccc(C)cc2)c2ccccc21. The molecule has 0 bridgehead atoms. The summed E-state index contributed by atoms with van der Waals surface area (Å²) in [6.45, 7) is 4.33. The Balaban J connectivity index is 2.11. The first-order valence-electron chi connectivity index (χ1n) is 6.86. The van der Waals surface area contributed by atoms with Gasteiger partial charge >= 0.3 is 0 Å². The first-order valence-corrected chi connectivity index (χ1v) is 8.30. The van der Waals surface area contributed by atoms with E-state index in [0.717, 1.165) is 22.4 Å². The van der Waals surface area contributed by atoms with Gasteiger partial charge in [-0.25, -0.2) is 8.42 Å². The number of benzene rings is 2. The van der Waals surface area contributed by atoms with E-state index in [4.69, 9.17) is 0 Å². The van der Waals surface area contributed by atoms with Crippen molar-refractivity contribution in [1.82, 2.24) is 0 Å². The van der Waals surface area contributed by atoms with Crippen LogP contribution in [-0.2, 0) is 10.0 Å². The van der Waals surface area contributed by atoms with Crippen LogP contribution >= 0.6 is 0 Å². The van der Waals surface area contributed by atoms with E-state index in [1.54, 1.807) is 12.1 Å². The normalized spacial score (nSPS) is 14.6. The minimum Gasteiger partial charge on any atom is -0.262 e. The molecule has 0 saturated heterocycles. The van der Waals surface area contributed by atoms with Gasteiger partial charge in [0.15, 0.2) is 0 Å². The molecule has 0 amide bonds. The summed E-state index contributed by atoms with van der Waals surface area (Å²) in [4.78, 5) is 0.329. The quantitative estimate of drug-likeness (QED) is 0.849. The average Bonchev–Trinajstić information content (AvgIpc) is 2.48. The highest BCUT2D eigenvalue weighted by molar-refractivity contribution is 7.92. The molecular formula is C17H17NO2S. The van der Waals surface area contributed by atoms with Crippen molar-refractivity contribution in [2.24, 2.45) is 0 Å². The molecule has 1 aliphatic heterocycles. The second-order valence-electron chi connectivity index (χ2n) is 5.25. The summed E-state index contributed by atoms with van der Waals surface area (Å²) in [6, 6.07) is 14.6. The fourth-order valence-corrected chi connectivity index (χ4v) is 3.94. The lowest BCUT2D eigenvalue weighted by Gasteiger charge is -2.29. The lowest BCUT2D eigenvalue weighted by Crippen LogP contribution is -2.33. The number of hydrogen-bond donors (Lipinski definition) is 0. The van der Waals surface area contributed by atoms with E-state index in [-0.39, 0.29) is 0 Å². The molecule has 0 atom stereocenters. The standard InChI is InChI=1S/C17H17NO2S/c1-13-7-9-15(10-8-13)21(19,20)18-12-11-14(2)16-5-3-4-6-17(16)18/h3-11H,12H2,1-2H3. The van der Waals surface area contributed by atoms with Gasteiger partial charge in [-0.15, -0.1) is 0 Å². The first-order chi connectivity index (χ1) is 10.00. The highest BCUT2D eigenvalue weighted by Crippen LogP contribution is 2.34. The Labute approximate surface area is 125 Å². The van der Waals surface area contributed by atoms with Crippen molar-refractivity contribution in [3.63, 3.8) is 0 Å². The Kier molecular flexibility index (Phi) is 3.33. The number of fused-ring (bicyclic) bond motifs is 1. The van der Waals surface area contributed by atoms with Crippen molar-refractivity contribution in [1.29, 1.82) is 0 Å². The number of allylic oxidation sites excluding steroid dienone is 1. The lowest BCUT2D eigenvalue weighted by molar-refractivity contribution is 0.592. The van der Waals surface area contributed by atoms with Gasteiger partial charge in [0.25, 0.3) is 10.0 Å². The van der Waals surface area contributed by atoms with Gasteiger partial charge in [0.2, 0.25) is 0 Å². The third-order valence-corrected chi connectivity index (χ3v) is 5.56. The van der Waals surface area contributed by atoms with E-state index in [1.807, 2.05) is 56.3 Å². The molecule has 108 valence electrons. The summed E-state index contributed by atoms with van der Waals surface area (Å²) < 4.78 is 27.2. The highest BCUT2D eigenvalue weighted by atomic mass is 32.2. The molecule has 0 N–H and O–H groups in total. The highest BCUT2D eigenvalue weighted by Gasteiger charge is 2.28. The fraction of sp³-hybridized carbons (Fsp3) is 0.176. The van der Waals surface area contributed by atoms with Crippen LogP contribution in [0.5, 0.6) is 0 Å². The maximum atomic E-state index is 12.9. The van der Waals surface area contributed by atoms with Crippen LogP contribution in [0.2, 0.25) is 0 Å². The van der Waals surface area contributed by atoms with Crippen LogP contribution in [0.3, 0.4) is 0 Å². The van der Waals surface area contributed by atoms with Crippen molar-refractivity contribution in [2.45, 2.75) is 18.7 Å². The fourth-order valence-electron chi connectivity index (χ4n) is 2.52. The van der Waals surface area contributed by atoms with Gasteiger partial charge in [-0.05, 0) is 37.6 Å². The van der Waals surface area contributed by atoms with Crippen molar-refractivity contribution in [3.05, 3.63) is 65.7 Å². The van der Waals surface area contributed by atoms with Crippen LogP contribution in [0.15, 0.2) is 59.5 Å². The average molecular weight is 299 g/mol. The molecule has 0 unspecified atom stereocenters. The molecule has 3 nitrogen and oxygen atoms in total. The van der Waals surface area contributed by atoms with Crippen LogP contribution in [0.1, 0.15) is 18.1 Å². The maximum absolute atomic E-state index is 12.9. The molecule has 1 heterocycles. The molecule has 0 saturated carbocycles. The molecule has 0 radical (unpaired) electrons. The zero-order valence-electron chi connectivity index (χ0n) is 12.1. The van der Waals surface area contributed by atoms with E-state index in [1.165, 1.54) is 4.31 Å². The van der Waals surface area contributed by atoms with E-state index in [9.17, 15) is 8.42 Å². The van der Waals surface area contributed by atoms with Crippen molar-refractivity contribution in [3.8, 4) is 0 Å². The van der Waals surface area contributed by atoms with Crippen LogP contribution in [0, 0.1) is 6.92 Å². The van der Waals surface area contributed by atoms with Crippen LogP contribution in [-0.4, -0.2) is 15.0 Å². The van der Waals surface area contributed by atoms with E-state index >= 15 is 0 Å². The number of para-hydroxylation sites is 1. The number of hydrogen-bond acceptors (Lipinski definition) is 2. The second kappa shape index (κ2) is 5.04. The minimum absolute atomic E-state index is 0.329. The Bertz CT molecular complexity index is 805. The number of aryl methyl sites for hydroxylation is 1. The predicted molar refractivity (Wildman–Crippen MR) is 85.8 cm³/mol. The Morgan fingerprint density at radius 3 is 2.33 bits per heavy atom. The Hall–Kier alpha value is -2.07. The van der Waals surface area contributed by atoms with Gasteiger partial charge < -0.3 is 0 Å². The van der Waals surface area contributed by atoms with Gasteiger partial charge in [-0.1, -0.05) is 42.0 Å². The van der Waals surface area contributed by atoms with Crippen molar-refractivity contribution >= 4 is 21.3 Å².